The van der Waals surface area contributed by atoms with Crippen LogP contribution in [0.15, 0.2) is 36.5 Å². The lowest BCUT2D eigenvalue weighted by molar-refractivity contribution is -0.121. The second-order valence-corrected chi connectivity index (χ2v) is 5.70. The number of para-hydroxylation sites is 1. The van der Waals surface area contributed by atoms with Crippen molar-refractivity contribution in [2.45, 2.75) is 19.9 Å². The zero-order valence-electron chi connectivity index (χ0n) is 12.3. The first-order valence-corrected chi connectivity index (χ1v) is 7.44. The lowest BCUT2D eigenvalue weighted by Gasteiger charge is -2.13. The molecule has 0 fully saturated rings. The first-order valence-electron chi connectivity index (χ1n) is 7.44. The van der Waals surface area contributed by atoms with Crippen LogP contribution in [0.5, 0.6) is 0 Å². The molecule has 0 bridgehead atoms. The van der Waals surface area contributed by atoms with Gasteiger partial charge in [0.1, 0.15) is 0 Å². The third-order valence-corrected chi connectivity index (χ3v) is 4.15. The maximum absolute atomic E-state index is 11.3. The molecule has 2 heterocycles. The van der Waals surface area contributed by atoms with Crippen molar-refractivity contribution in [3.8, 4) is 0 Å². The average Bonchev–Trinajstić information content (AvgIpc) is 2.87. The zero-order chi connectivity index (χ0) is 14.8. The second-order valence-electron chi connectivity index (χ2n) is 5.70. The van der Waals surface area contributed by atoms with Gasteiger partial charge in [-0.25, -0.2) is 0 Å². The Bertz CT molecular complexity index is 699. The summed E-state index contributed by atoms with van der Waals surface area (Å²) in [6.45, 7) is 4.44. The number of hydrogen-bond donors (Lipinski definition) is 2. The molecule has 0 spiro atoms. The van der Waals surface area contributed by atoms with Crippen LogP contribution in [0.3, 0.4) is 0 Å². The van der Waals surface area contributed by atoms with Crippen LogP contribution in [0.25, 0.3) is 16.5 Å². The first kappa shape index (κ1) is 13.9. The summed E-state index contributed by atoms with van der Waals surface area (Å²) in [5, 5.41) is 4.59. The normalized spacial score (nSPS) is 16.7. The molecule has 1 aromatic heterocycles. The van der Waals surface area contributed by atoms with Crippen molar-refractivity contribution in [1.82, 2.24) is 9.88 Å². The number of hydrogen-bond acceptors (Lipinski definition) is 2. The molecule has 0 radical (unpaired) electrons. The van der Waals surface area contributed by atoms with Crippen molar-refractivity contribution < 1.29 is 4.79 Å². The number of fused-ring (bicyclic) bond motifs is 1. The highest BCUT2D eigenvalue weighted by atomic mass is 16.1. The van der Waals surface area contributed by atoms with E-state index in [-0.39, 0.29) is 11.8 Å². The lowest BCUT2D eigenvalue weighted by Crippen LogP contribution is -2.24. The summed E-state index contributed by atoms with van der Waals surface area (Å²) in [6.07, 6.45) is 5.47. The average molecular weight is 283 g/mol. The molecule has 1 aromatic carbocycles. The number of nitrogens with one attached hydrogen (secondary N) is 1. The van der Waals surface area contributed by atoms with E-state index in [1.54, 1.807) is 0 Å². The Morgan fingerprint density at radius 3 is 2.95 bits per heavy atom. The van der Waals surface area contributed by atoms with Gasteiger partial charge in [0, 0.05) is 35.8 Å². The maximum atomic E-state index is 11.3. The number of carbonyl (C=O) groups is 1. The third-order valence-electron chi connectivity index (χ3n) is 4.15. The van der Waals surface area contributed by atoms with E-state index in [0.29, 0.717) is 6.54 Å². The van der Waals surface area contributed by atoms with E-state index in [4.69, 9.17) is 5.73 Å². The van der Waals surface area contributed by atoms with Gasteiger partial charge in [0.25, 0.3) is 0 Å². The van der Waals surface area contributed by atoms with Gasteiger partial charge >= 0.3 is 0 Å². The van der Waals surface area contributed by atoms with Crippen LogP contribution >= 0.6 is 0 Å². The number of aromatic nitrogens is 1. The molecule has 4 heteroatoms. The highest BCUT2D eigenvalue weighted by Crippen LogP contribution is 2.30. The molecule has 4 nitrogen and oxygen atoms in total. The zero-order valence-corrected chi connectivity index (χ0v) is 12.3. The summed E-state index contributed by atoms with van der Waals surface area (Å²) in [4.78, 5) is 11.3. The quantitative estimate of drug-likeness (QED) is 0.903. The summed E-state index contributed by atoms with van der Waals surface area (Å²) in [7, 11) is 0. The van der Waals surface area contributed by atoms with Gasteiger partial charge in [0.05, 0.1) is 5.92 Å². The van der Waals surface area contributed by atoms with E-state index in [0.717, 1.165) is 19.5 Å². The Kier molecular flexibility index (Phi) is 3.80. The molecule has 1 atom stereocenters. The van der Waals surface area contributed by atoms with Crippen LogP contribution in [-0.2, 0) is 11.3 Å². The fraction of sp³-hybridized carbons (Fsp3) is 0.353. The standard InChI is InChI=1S/C17H21N3O/c1-12(17(18)21)10-20-11-15(13-6-8-19-9-7-13)14-4-2-3-5-16(14)20/h2-6,11-12,19H,7-10H2,1H3,(H2,18,21). The van der Waals surface area contributed by atoms with Gasteiger partial charge in [0.2, 0.25) is 5.91 Å². The predicted octanol–water partition coefficient (Wildman–Crippen LogP) is 2.14. The molecule has 2 aromatic rings. The van der Waals surface area contributed by atoms with Crippen molar-refractivity contribution in [3.63, 3.8) is 0 Å². The van der Waals surface area contributed by atoms with Gasteiger partial charge in [0.15, 0.2) is 0 Å². The summed E-state index contributed by atoms with van der Waals surface area (Å²) in [5.41, 5.74) is 9.24. The molecule has 3 N–H and O–H groups in total. The smallest absolute Gasteiger partial charge is 0.222 e. The Morgan fingerprint density at radius 1 is 1.43 bits per heavy atom. The summed E-state index contributed by atoms with van der Waals surface area (Å²) < 4.78 is 2.16. The number of rotatable bonds is 4. The van der Waals surface area contributed by atoms with Gasteiger partial charge in [-0.05, 0) is 24.6 Å². The fourth-order valence-electron chi connectivity index (χ4n) is 2.91. The van der Waals surface area contributed by atoms with E-state index in [2.05, 4.69) is 40.4 Å². The van der Waals surface area contributed by atoms with Gasteiger partial charge in [-0.15, -0.1) is 0 Å². The van der Waals surface area contributed by atoms with Crippen molar-refractivity contribution in [3.05, 3.63) is 42.1 Å². The molecular formula is C17H21N3O. The fourth-order valence-corrected chi connectivity index (χ4v) is 2.91. The SMILES string of the molecule is CC(Cn1cc(C2=CCNCC2)c2ccccc21)C(N)=O. The molecule has 1 amide bonds. The molecule has 3 rings (SSSR count). The Hall–Kier alpha value is -2.07. The molecule has 1 aliphatic heterocycles. The molecule has 21 heavy (non-hydrogen) atoms. The molecule has 0 aliphatic carbocycles. The lowest BCUT2D eigenvalue weighted by atomic mass is 10.00. The van der Waals surface area contributed by atoms with Gasteiger partial charge in [-0.1, -0.05) is 31.2 Å². The van der Waals surface area contributed by atoms with Gasteiger partial charge < -0.3 is 15.6 Å². The Balaban J connectivity index is 2.05. The monoisotopic (exact) mass is 283 g/mol. The number of nitrogens with zero attached hydrogens (tertiary/aromatic N) is 1. The van der Waals surface area contributed by atoms with Crippen LogP contribution in [0.4, 0.5) is 0 Å². The van der Waals surface area contributed by atoms with Crippen LogP contribution in [0.1, 0.15) is 18.9 Å². The van der Waals surface area contributed by atoms with E-state index >= 15 is 0 Å². The minimum Gasteiger partial charge on any atom is -0.369 e. The van der Waals surface area contributed by atoms with Crippen LogP contribution in [-0.4, -0.2) is 23.6 Å². The summed E-state index contributed by atoms with van der Waals surface area (Å²) in [5.74, 6) is -0.425. The maximum Gasteiger partial charge on any atom is 0.222 e. The van der Waals surface area contributed by atoms with Gasteiger partial charge in [-0.3, -0.25) is 4.79 Å². The van der Waals surface area contributed by atoms with E-state index in [1.165, 1.54) is 22.0 Å². The highest BCUT2D eigenvalue weighted by molar-refractivity contribution is 5.93. The Morgan fingerprint density at radius 2 is 2.24 bits per heavy atom. The van der Waals surface area contributed by atoms with Crippen molar-refractivity contribution in [2.24, 2.45) is 11.7 Å². The van der Waals surface area contributed by atoms with Crippen molar-refractivity contribution in [1.29, 1.82) is 0 Å². The molecular weight excluding hydrogens is 262 g/mol. The number of benzene rings is 1. The minimum absolute atomic E-state index is 0.171. The molecule has 110 valence electrons. The topological polar surface area (TPSA) is 60.1 Å². The first-order chi connectivity index (χ1) is 10.2. The predicted molar refractivity (Wildman–Crippen MR) is 85.8 cm³/mol. The molecule has 1 unspecified atom stereocenters. The molecule has 0 saturated carbocycles. The summed E-state index contributed by atoms with van der Waals surface area (Å²) in [6, 6.07) is 8.36. The Labute approximate surface area is 124 Å². The molecule has 1 aliphatic rings. The van der Waals surface area contributed by atoms with E-state index in [1.807, 2.05) is 13.0 Å². The van der Waals surface area contributed by atoms with Crippen LogP contribution in [0.2, 0.25) is 0 Å². The van der Waals surface area contributed by atoms with Crippen LogP contribution in [0, 0.1) is 5.92 Å². The second kappa shape index (κ2) is 5.74. The number of amides is 1. The molecule has 0 saturated heterocycles. The number of nitrogens with two attached hydrogens (primary N) is 1. The van der Waals surface area contributed by atoms with Gasteiger partial charge in [-0.2, -0.15) is 0 Å². The highest BCUT2D eigenvalue weighted by Gasteiger charge is 2.16. The number of carbonyl (C=O) groups excluding carboxylic acids is 1. The summed E-state index contributed by atoms with van der Waals surface area (Å²) >= 11 is 0. The van der Waals surface area contributed by atoms with E-state index in [9.17, 15) is 4.79 Å². The minimum atomic E-state index is -0.254. The third kappa shape index (κ3) is 2.72. The van der Waals surface area contributed by atoms with Crippen LogP contribution < -0.4 is 11.1 Å². The number of primary amides is 1. The van der Waals surface area contributed by atoms with Crippen molar-refractivity contribution in [2.75, 3.05) is 13.1 Å². The largest absolute Gasteiger partial charge is 0.369 e. The van der Waals surface area contributed by atoms with E-state index < -0.39 is 0 Å². The van der Waals surface area contributed by atoms with Crippen molar-refractivity contribution >= 4 is 22.4 Å².